The van der Waals surface area contributed by atoms with E-state index in [0.717, 1.165) is 0 Å². The molecule has 16 heavy (non-hydrogen) atoms. The fourth-order valence-electron chi connectivity index (χ4n) is 1.28. The molecule has 0 bridgehead atoms. The van der Waals surface area contributed by atoms with Crippen LogP contribution in [0.2, 0.25) is 0 Å². The molecule has 0 unspecified atom stereocenters. The third-order valence-electron chi connectivity index (χ3n) is 2.40. The number of rotatable bonds is 4. The van der Waals surface area contributed by atoms with E-state index in [4.69, 9.17) is 4.74 Å². The molecule has 0 atom stereocenters. The average Bonchev–Trinajstić information content (AvgIpc) is 2.28. The van der Waals surface area contributed by atoms with Crippen LogP contribution in [0.1, 0.15) is 15.9 Å². The molecule has 0 fully saturated rings. The fourth-order valence-corrected chi connectivity index (χ4v) is 1.28. The van der Waals surface area contributed by atoms with Crippen LogP contribution in [-0.2, 0) is 4.74 Å². The Morgan fingerprint density at radius 3 is 2.75 bits per heavy atom. The Bertz CT molecular complexity index is 379. The van der Waals surface area contributed by atoms with Crippen LogP contribution in [0.5, 0.6) is 0 Å². The van der Waals surface area contributed by atoms with E-state index in [9.17, 15) is 9.18 Å². The summed E-state index contributed by atoms with van der Waals surface area (Å²) in [6, 6.07) is 4.50. The van der Waals surface area contributed by atoms with E-state index in [1.807, 2.05) is 0 Å². The van der Waals surface area contributed by atoms with Crippen LogP contribution >= 0.6 is 0 Å². The first kappa shape index (κ1) is 12.6. The Labute approximate surface area is 94.8 Å². The SMILES string of the molecule is COCCN(C)C(=O)c1ccc(C)c(F)c1. The number of amides is 1. The number of hydrogen-bond acceptors (Lipinski definition) is 2. The smallest absolute Gasteiger partial charge is 0.253 e. The molecule has 0 spiro atoms. The number of methoxy groups -OCH3 is 1. The number of halogens is 1. The lowest BCUT2D eigenvalue weighted by molar-refractivity contribution is 0.0744. The molecule has 1 amide bonds. The minimum atomic E-state index is -0.356. The zero-order chi connectivity index (χ0) is 12.1. The molecule has 4 heteroatoms. The van der Waals surface area contributed by atoms with Crippen LogP contribution in [0, 0.1) is 12.7 Å². The number of ether oxygens (including phenoxy) is 1. The summed E-state index contributed by atoms with van der Waals surface area (Å²) >= 11 is 0. The number of carbonyl (C=O) groups excluding carboxylic acids is 1. The summed E-state index contributed by atoms with van der Waals surface area (Å²) in [7, 11) is 3.24. The lowest BCUT2D eigenvalue weighted by atomic mass is 10.1. The number of nitrogens with zero attached hydrogens (tertiary/aromatic N) is 1. The van der Waals surface area contributed by atoms with E-state index in [-0.39, 0.29) is 11.7 Å². The predicted octanol–water partition coefficient (Wildman–Crippen LogP) is 1.85. The summed E-state index contributed by atoms with van der Waals surface area (Å²) in [5, 5.41) is 0. The summed E-state index contributed by atoms with van der Waals surface area (Å²) in [5.74, 6) is -0.554. The molecule has 1 rings (SSSR count). The zero-order valence-corrected chi connectivity index (χ0v) is 9.79. The summed E-state index contributed by atoms with van der Waals surface area (Å²) in [6.45, 7) is 2.62. The van der Waals surface area contributed by atoms with Gasteiger partial charge in [0.25, 0.3) is 5.91 Å². The Morgan fingerprint density at radius 2 is 2.19 bits per heavy atom. The van der Waals surface area contributed by atoms with Gasteiger partial charge in [-0.1, -0.05) is 6.07 Å². The predicted molar refractivity (Wildman–Crippen MR) is 60.0 cm³/mol. The third kappa shape index (κ3) is 3.03. The lowest BCUT2D eigenvalue weighted by Crippen LogP contribution is -2.30. The number of hydrogen-bond donors (Lipinski definition) is 0. The molecule has 0 aliphatic heterocycles. The normalized spacial score (nSPS) is 10.2. The van der Waals surface area contributed by atoms with Crippen molar-refractivity contribution in [3.8, 4) is 0 Å². The maximum Gasteiger partial charge on any atom is 0.253 e. The van der Waals surface area contributed by atoms with Gasteiger partial charge in [0.1, 0.15) is 5.82 Å². The van der Waals surface area contributed by atoms with Crippen LogP contribution in [-0.4, -0.2) is 38.1 Å². The number of likely N-dealkylation sites (N-methyl/N-ethyl adjacent to an activating group) is 1. The molecule has 0 aliphatic carbocycles. The molecule has 0 N–H and O–H groups in total. The van der Waals surface area contributed by atoms with E-state index < -0.39 is 0 Å². The van der Waals surface area contributed by atoms with Gasteiger partial charge in [-0.2, -0.15) is 0 Å². The number of aryl methyl sites for hydroxylation is 1. The van der Waals surface area contributed by atoms with Gasteiger partial charge in [0.05, 0.1) is 6.61 Å². The monoisotopic (exact) mass is 225 g/mol. The summed E-state index contributed by atoms with van der Waals surface area (Å²) in [4.78, 5) is 13.3. The van der Waals surface area contributed by atoms with E-state index >= 15 is 0 Å². The van der Waals surface area contributed by atoms with Crippen LogP contribution in [0.3, 0.4) is 0 Å². The van der Waals surface area contributed by atoms with Crippen molar-refractivity contribution in [3.05, 3.63) is 35.1 Å². The molecule has 88 valence electrons. The van der Waals surface area contributed by atoms with Crippen LogP contribution in [0.4, 0.5) is 4.39 Å². The van der Waals surface area contributed by atoms with E-state index in [2.05, 4.69) is 0 Å². The number of benzene rings is 1. The first-order valence-corrected chi connectivity index (χ1v) is 5.07. The standard InChI is InChI=1S/C12H16FNO2/c1-9-4-5-10(8-11(9)13)12(15)14(2)6-7-16-3/h4-5,8H,6-7H2,1-3H3. The van der Waals surface area contributed by atoms with Gasteiger partial charge in [-0.15, -0.1) is 0 Å². The van der Waals surface area contributed by atoms with E-state index in [1.54, 1.807) is 33.2 Å². The Kier molecular flexibility index (Phi) is 4.43. The molecule has 0 radical (unpaired) electrons. The van der Waals surface area contributed by atoms with Crippen molar-refractivity contribution in [2.24, 2.45) is 0 Å². The Hall–Kier alpha value is -1.42. The molecule has 0 aliphatic rings. The van der Waals surface area contributed by atoms with Crippen molar-refractivity contribution in [3.63, 3.8) is 0 Å². The van der Waals surface area contributed by atoms with Crippen LogP contribution in [0.15, 0.2) is 18.2 Å². The molecule has 1 aromatic rings. The number of carbonyl (C=O) groups is 1. The van der Waals surface area contributed by atoms with Gasteiger partial charge in [-0.3, -0.25) is 4.79 Å². The van der Waals surface area contributed by atoms with Gasteiger partial charge in [0, 0.05) is 26.3 Å². The highest BCUT2D eigenvalue weighted by Gasteiger charge is 2.12. The van der Waals surface area contributed by atoms with Gasteiger partial charge in [0.2, 0.25) is 0 Å². The average molecular weight is 225 g/mol. The first-order valence-electron chi connectivity index (χ1n) is 5.07. The lowest BCUT2D eigenvalue weighted by Gasteiger charge is -2.16. The summed E-state index contributed by atoms with van der Waals surface area (Å²) in [6.07, 6.45) is 0. The molecule has 3 nitrogen and oxygen atoms in total. The highest BCUT2D eigenvalue weighted by atomic mass is 19.1. The van der Waals surface area contributed by atoms with Crippen LogP contribution in [0.25, 0.3) is 0 Å². The minimum absolute atomic E-state index is 0.198. The van der Waals surface area contributed by atoms with E-state index in [0.29, 0.717) is 24.3 Å². The van der Waals surface area contributed by atoms with Crippen molar-refractivity contribution in [2.45, 2.75) is 6.92 Å². The quantitative estimate of drug-likeness (QED) is 0.782. The second kappa shape index (κ2) is 5.61. The molecule has 0 saturated carbocycles. The van der Waals surface area contributed by atoms with Gasteiger partial charge in [-0.05, 0) is 24.6 Å². The zero-order valence-electron chi connectivity index (χ0n) is 9.79. The molecular weight excluding hydrogens is 209 g/mol. The van der Waals surface area contributed by atoms with Gasteiger partial charge in [0.15, 0.2) is 0 Å². The van der Waals surface area contributed by atoms with Crippen molar-refractivity contribution in [1.29, 1.82) is 0 Å². The molecular formula is C12H16FNO2. The van der Waals surface area contributed by atoms with Crippen molar-refractivity contribution in [1.82, 2.24) is 4.90 Å². The van der Waals surface area contributed by atoms with Gasteiger partial charge in [-0.25, -0.2) is 4.39 Å². The summed E-state index contributed by atoms with van der Waals surface area (Å²) in [5.41, 5.74) is 0.901. The van der Waals surface area contributed by atoms with Crippen molar-refractivity contribution in [2.75, 3.05) is 27.3 Å². The van der Waals surface area contributed by atoms with Crippen molar-refractivity contribution >= 4 is 5.91 Å². The molecule has 0 saturated heterocycles. The Balaban J connectivity index is 2.76. The van der Waals surface area contributed by atoms with Gasteiger partial charge < -0.3 is 9.64 Å². The molecule has 1 aromatic carbocycles. The second-order valence-electron chi connectivity index (χ2n) is 3.68. The minimum Gasteiger partial charge on any atom is -0.383 e. The molecule has 0 heterocycles. The second-order valence-corrected chi connectivity index (χ2v) is 3.68. The topological polar surface area (TPSA) is 29.5 Å². The summed E-state index contributed by atoms with van der Waals surface area (Å²) < 4.78 is 18.1. The highest BCUT2D eigenvalue weighted by molar-refractivity contribution is 5.94. The maximum absolute atomic E-state index is 13.3. The maximum atomic E-state index is 13.3. The fraction of sp³-hybridized carbons (Fsp3) is 0.417. The van der Waals surface area contributed by atoms with Crippen molar-refractivity contribution < 1.29 is 13.9 Å². The van der Waals surface area contributed by atoms with Gasteiger partial charge >= 0.3 is 0 Å². The third-order valence-corrected chi connectivity index (χ3v) is 2.40. The van der Waals surface area contributed by atoms with Crippen LogP contribution < -0.4 is 0 Å². The molecule has 0 aromatic heterocycles. The largest absolute Gasteiger partial charge is 0.383 e. The van der Waals surface area contributed by atoms with E-state index in [1.165, 1.54) is 11.0 Å². The highest BCUT2D eigenvalue weighted by Crippen LogP contribution is 2.10. The first-order chi connectivity index (χ1) is 7.56. The Morgan fingerprint density at radius 1 is 1.50 bits per heavy atom.